The quantitative estimate of drug-likeness (QED) is 0.247. The largest absolute Gasteiger partial charge is 0.471 e. The Kier molecular flexibility index (Phi) is 12.1. The number of hydrogen-bond acceptors (Lipinski definition) is 6. The van der Waals surface area contributed by atoms with Crippen molar-refractivity contribution in [1.82, 2.24) is 15.1 Å². The van der Waals surface area contributed by atoms with Crippen molar-refractivity contribution in [2.24, 2.45) is 5.92 Å². The highest BCUT2D eigenvalue weighted by Gasteiger charge is 2.47. The molecule has 0 radical (unpaired) electrons. The molecule has 3 saturated heterocycles. The van der Waals surface area contributed by atoms with Gasteiger partial charge in [0.05, 0.1) is 18.8 Å². The number of hydrogen-bond donors (Lipinski definition) is 2. The first-order chi connectivity index (χ1) is 24.6. The number of carbonyl (C=O) groups is 2. The zero-order chi connectivity index (χ0) is 36.0. The van der Waals surface area contributed by atoms with E-state index in [4.69, 9.17) is 9.47 Å². The van der Waals surface area contributed by atoms with Crippen molar-refractivity contribution < 1.29 is 37.3 Å². The maximum Gasteiger partial charge on any atom is 0.471 e. The van der Waals surface area contributed by atoms with Crippen molar-refractivity contribution in [2.45, 2.75) is 95.7 Å². The fourth-order valence-electron chi connectivity index (χ4n) is 7.60. The Morgan fingerprint density at radius 3 is 2.20 bits per heavy atom. The summed E-state index contributed by atoms with van der Waals surface area (Å²) in [5.41, 5.74) is 5.33. The maximum atomic E-state index is 13.1. The van der Waals surface area contributed by atoms with Crippen LogP contribution in [0.3, 0.4) is 0 Å². The van der Waals surface area contributed by atoms with E-state index in [0.29, 0.717) is 11.3 Å². The van der Waals surface area contributed by atoms with Gasteiger partial charge in [0.1, 0.15) is 6.04 Å². The molecular formula is C40H48F3N3O5. The fraction of sp³-hybridized carbons (Fsp3) is 0.500. The van der Waals surface area contributed by atoms with E-state index in [1.807, 2.05) is 72.8 Å². The highest BCUT2D eigenvalue weighted by Crippen LogP contribution is 2.42. The van der Waals surface area contributed by atoms with Gasteiger partial charge in [-0.1, -0.05) is 99.0 Å². The molecule has 6 rings (SSSR count). The molecule has 3 aromatic rings. The van der Waals surface area contributed by atoms with Crippen LogP contribution in [0, 0.1) is 5.92 Å². The van der Waals surface area contributed by atoms with E-state index in [2.05, 4.69) is 17.1 Å². The number of ether oxygens (including phenoxy) is 2. The molecule has 0 spiro atoms. The van der Waals surface area contributed by atoms with Gasteiger partial charge in [-0.15, -0.1) is 0 Å². The number of alkyl halides is 3. The summed E-state index contributed by atoms with van der Waals surface area (Å²) in [6, 6.07) is 22.3. The summed E-state index contributed by atoms with van der Waals surface area (Å²) < 4.78 is 52.7. The molecule has 11 heteroatoms. The summed E-state index contributed by atoms with van der Waals surface area (Å²) >= 11 is 0. The van der Waals surface area contributed by atoms with Crippen LogP contribution in [0.4, 0.5) is 13.2 Å². The number of carbonyl (C=O) groups excluding carboxylic acids is 2. The minimum absolute atomic E-state index is 0.0192. The number of rotatable bonds is 9. The van der Waals surface area contributed by atoms with Crippen LogP contribution in [0.25, 0.3) is 11.1 Å². The fourth-order valence-corrected chi connectivity index (χ4v) is 7.60. The molecular weight excluding hydrogens is 659 g/mol. The van der Waals surface area contributed by atoms with Crippen LogP contribution < -0.4 is 5.32 Å². The van der Waals surface area contributed by atoms with E-state index in [1.165, 1.54) is 32.1 Å². The highest BCUT2D eigenvalue weighted by atomic mass is 19.4. The van der Waals surface area contributed by atoms with Gasteiger partial charge >= 0.3 is 12.1 Å². The number of amides is 2. The third-order valence-electron chi connectivity index (χ3n) is 10.5. The topological polar surface area (TPSA) is 91.3 Å². The molecule has 0 bridgehead atoms. The van der Waals surface area contributed by atoms with Gasteiger partial charge in [0, 0.05) is 31.1 Å². The molecule has 274 valence electrons. The second kappa shape index (κ2) is 16.7. The zero-order valence-corrected chi connectivity index (χ0v) is 29.1. The molecule has 0 unspecified atom stereocenters. The van der Waals surface area contributed by atoms with E-state index < -0.39 is 30.3 Å². The normalized spacial score (nSPS) is 24.9. The second-order valence-corrected chi connectivity index (χ2v) is 14.0. The first-order valence-corrected chi connectivity index (χ1v) is 18.2. The lowest BCUT2D eigenvalue weighted by Gasteiger charge is -2.43. The Bertz CT molecular complexity index is 1610. The summed E-state index contributed by atoms with van der Waals surface area (Å²) in [4.78, 5) is 28.0. The number of aliphatic hydroxyl groups is 1. The van der Waals surface area contributed by atoms with Crippen molar-refractivity contribution in [3.8, 4) is 11.1 Å². The smallest absolute Gasteiger partial charge is 0.392 e. The maximum absolute atomic E-state index is 13.1. The molecule has 8 nitrogen and oxygen atoms in total. The van der Waals surface area contributed by atoms with Crippen LogP contribution in [0.2, 0.25) is 0 Å². The summed E-state index contributed by atoms with van der Waals surface area (Å²) in [6.07, 6.45) is 0.842. The highest BCUT2D eigenvalue weighted by molar-refractivity contribution is 5.90. The molecule has 2 N–H and O–H groups in total. The lowest BCUT2D eigenvalue weighted by Crippen LogP contribution is -2.50. The predicted octanol–water partition coefficient (Wildman–Crippen LogP) is 7.07. The number of likely N-dealkylation sites (tertiary alicyclic amines) is 2. The molecule has 3 heterocycles. The number of nitrogens with one attached hydrogen (secondary N) is 1. The third kappa shape index (κ3) is 9.00. The molecule has 2 amide bonds. The van der Waals surface area contributed by atoms with Gasteiger partial charge in [-0.05, 0) is 66.6 Å². The molecule has 0 aliphatic carbocycles. The number of benzene rings is 3. The minimum Gasteiger partial charge on any atom is -0.392 e. The van der Waals surface area contributed by atoms with Gasteiger partial charge in [0.15, 0.2) is 6.29 Å². The average Bonchev–Trinajstić information content (AvgIpc) is 3.62. The SMILES string of the molecule is C[C@@H]1[C@H](CN2CCCCCCC2)O[C@H](c2ccc(-c3ccccc3CNC(=O)[C@@H]3CCCN3C(=O)C(F)(F)F)cc2)O[C@@H]1c1ccc(CO)cc1. The van der Waals surface area contributed by atoms with E-state index in [1.54, 1.807) is 0 Å². The number of nitrogens with zero attached hydrogens (tertiary/aromatic N) is 2. The molecule has 3 fully saturated rings. The van der Waals surface area contributed by atoms with E-state index in [9.17, 15) is 27.9 Å². The molecule has 51 heavy (non-hydrogen) atoms. The third-order valence-corrected chi connectivity index (χ3v) is 10.5. The van der Waals surface area contributed by atoms with Crippen LogP contribution in [0.1, 0.15) is 86.5 Å². The second-order valence-electron chi connectivity index (χ2n) is 14.0. The Morgan fingerprint density at radius 1 is 0.843 bits per heavy atom. The van der Waals surface area contributed by atoms with Crippen LogP contribution in [-0.4, -0.2) is 71.2 Å². The summed E-state index contributed by atoms with van der Waals surface area (Å²) in [5.74, 6) is -2.48. The van der Waals surface area contributed by atoms with E-state index in [0.717, 1.165) is 53.0 Å². The van der Waals surface area contributed by atoms with Crippen LogP contribution in [-0.2, 0) is 32.2 Å². The summed E-state index contributed by atoms with van der Waals surface area (Å²) in [7, 11) is 0. The Morgan fingerprint density at radius 2 is 1.51 bits per heavy atom. The van der Waals surface area contributed by atoms with Crippen molar-refractivity contribution in [1.29, 1.82) is 0 Å². The van der Waals surface area contributed by atoms with Gasteiger partial charge in [-0.3, -0.25) is 9.59 Å². The van der Waals surface area contributed by atoms with E-state index >= 15 is 0 Å². The Labute approximate surface area is 297 Å². The minimum atomic E-state index is -5.02. The van der Waals surface area contributed by atoms with Gasteiger partial charge in [0.2, 0.25) is 5.91 Å². The Balaban J connectivity index is 1.18. The monoisotopic (exact) mass is 707 g/mol. The first-order valence-electron chi connectivity index (χ1n) is 18.2. The lowest BCUT2D eigenvalue weighted by atomic mass is 9.89. The van der Waals surface area contributed by atoms with Gasteiger partial charge < -0.3 is 29.7 Å². The summed E-state index contributed by atoms with van der Waals surface area (Å²) in [5, 5.41) is 12.4. The molecule has 0 aromatic heterocycles. The van der Waals surface area contributed by atoms with Crippen molar-refractivity contribution in [3.05, 3.63) is 95.1 Å². The molecule has 3 aliphatic heterocycles. The molecule has 3 aromatic carbocycles. The van der Waals surface area contributed by atoms with Gasteiger partial charge in [-0.25, -0.2) is 0 Å². The lowest BCUT2D eigenvalue weighted by molar-refractivity contribution is -0.276. The predicted molar refractivity (Wildman–Crippen MR) is 187 cm³/mol. The van der Waals surface area contributed by atoms with Crippen LogP contribution in [0.5, 0.6) is 0 Å². The average molecular weight is 708 g/mol. The molecule has 5 atom stereocenters. The van der Waals surface area contributed by atoms with Crippen molar-refractivity contribution in [2.75, 3.05) is 26.2 Å². The number of aliphatic hydroxyl groups excluding tert-OH is 1. The summed E-state index contributed by atoms with van der Waals surface area (Å²) in [6.45, 7) is 5.12. The molecule has 3 aliphatic rings. The van der Waals surface area contributed by atoms with Crippen molar-refractivity contribution >= 4 is 11.8 Å². The van der Waals surface area contributed by atoms with E-state index in [-0.39, 0.29) is 44.2 Å². The molecule has 0 saturated carbocycles. The Hall–Kier alpha value is -3.77. The van der Waals surface area contributed by atoms with Crippen LogP contribution >= 0.6 is 0 Å². The number of halogens is 3. The van der Waals surface area contributed by atoms with Gasteiger partial charge in [-0.2, -0.15) is 13.2 Å². The van der Waals surface area contributed by atoms with Crippen molar-refractivity contribution in [3.63, 3.8) is 0 Å². The van der Waals surface area contributed by atoms with Crippen LogP contribution in [0.15, 0.2) is 72.8 Å². The van der Waals surface area contributed by atoms with Gasteiger partial charge in [0.25, 0.3) is 0 Å². The first kappa shape index (κ1) is 37.0. The zero-order valence-electron chi connectivity index (χ0n) is 29.1. The standard InChI is InChI=1S/C40H48F3N3O5/c1-27-35(25-45-21-7-3-2-4-8-22-45)50-38(51-36(27)30-15-13-28(26-47)14-16-30)31-19-17-29(18-20-31)33-11-6-5-10-32(33)24-44-37(48)34-12-9-23-46(34)39(49)40(41,42)43/h5-6,10-11,13-20,27,34-36,38,47H,2-4,7-9,12,21-26H2,1H3,(H,44,48)/t27-,34+,35+,36+,38+/m1/s1.